The van der Waals surface area contributed by atoms with E-state index in [9.17, 15) is 18.0 Å². The first-order valence-electron chi connectivity index (χ1n) is 9.16. The molecule has 3 amide bonds. The van der Waals surface area contributed by atoms with Crippen LogP contribution in [0, 0.1) is 0 Å². The van der Waals surface area contributed by atoms with Gasteiger partial charge in [0, 0.05) is 18.8 Å². The van der Waals surface area contributed by atoms with Crippen LogP contribution < -0.4 is 16.0 Å². The maximum Gasteiger partial charge on any atom is 0.322 e. The molecule has 156 valence electrons. The lowest BCUT2D eigenvalue weighted by Gasteiger charge is -2.26. The van der Waals surface area contributed by atoms with Gasteiger partial charge in [-0.3, -0.25) is 4.79 Å². The SMILES string of the molecule is O=C(CNc1nc2ccc(NC(=O)N3CCOCC3)cc2s1)NC1CS(=O)(=O)C1. The molecule has 10 nitrogen and oxygen atoms in total. The van der Waals surface area contributed by atoms with E-state index in [-0.39, 0.29) is 36.0 Å². The van der Waals surface area contributed by atoms with Crippen LogP contribution in [0.2, 0.25) is 0 Å². The van der Waals surface area contributed by atoms with Gasteiger partial charge in [0.15, 0.2) is 15.0 Å². The predicted molar refractivity (Wildman–Crippen MR) is 110 cm³/mol. The van der Waals surface area contributed by atoms with E-state index in [1.165, 1.54) is 11.3 Å². The molecule has 2 aliphatic rings. The number of sulfone groups is 1. The molecule has 0 aliphatic carbocycles. The van der Waals surface area contributed by atoms with E-state index < -0.39 is 9.84 Å². The molecule has 0 radical (unpaired) electrons. The fraction of sp³-hybridized carbons (Fsp3) is 0.471. The molecule has 2 fully saturated rings. The number of fused-ring (bicyclic) bond motifs is 1. The van der Waals surface area contributed by atoms with Gasteiger partial charge in [-0.25, -0.2) is 18.2 Å². The zero-order chi connectivity index (χ0) is 20.4. The van der Waals surface area contributed by atoms with Gasteiger partial charge >= 0.3 is 6.03 Å². The zero-order valence-corrected chi connectivity index (χ0v) is 17.1. The minimum Gasteiger partial charge on any atom is -0.378 e. The molecule has 0 spiro atoms. The number of ether oxygens (including phenoxy) is 1. The van der Waals surface area contributed by atoms with Gasteiger partial charge in [-0.2, -0.15) is 0 Å². The molecular weight excluding hydrogens is 418 g/mol. The second kappa shape index (κ2) is 8.13. The fourth-order valence-electron chi connectivity index (χ4n) is 3.13. The number of nitrogens with zero attached hydrogens (tertiary/aromatic N) is 2. The Labute approximate surface area is 171 Å². The Bertz CT molecular complexity index is 1020. The molecule has 0 unspecified atom stereocenters. The van der Waals surface area contributed by atoms with E-state index in [2.05, 4.69) is 20.9 Å². The van der Waals surface area contributed by atoms with Crippen molar-refractivity contribution < 1.29 is 22.7 Å². The van der Waals surface area contributed by atoms with Crippen LogP contribution in [0.15, 0.2) is 18.2 Å². The molecule has 3 heterocycles. The highest BCUT2D eigenvalue weighted by atomic mass is 32.2. The number of aromatic nitrogens is 1. The molecule has 1 aromatic carbocycles. The summed E-state index contributed by atoms with van der Waals surface area (Å²) in [7, 11) is -2.97. The van der Waals surface area contributed by atoms with Gasteiger partial charge in [-0.1, -0.05) is 11.3 Å². The average Bonchev–Trinajstić information content (AvgIpc) is 3.08. The first-order valence-corrected chi connectivity index (χ1v) is 11.8. The molecule has 12 heteroatoms. The van der Waals surface area contributed by atoms with E-state index in [0.717, 1.165) is 10.2 Å². The topological polar surface area (TPSA) is 130 Å². The number of amides is 3. The summed E-state index contributed by atoms with van der Waals surface area (Å²) in [5, 5.41) is 9.09. The third-order valence-corrected chi connectivity index (χ3v) is 7.41. The summed E-state index contributed by atoms with van der Waals surface area (Å²) in [6, 6.07) is 4.97. The van der Waals surface area contributed by atoms with E-state index in [1.807, 2.05) is 12.1 Å². The maximum atomic E-state index is 12.3. The van der Waals surface area contributed by atoms with Gasteiger partial charge in [-0.15, -0.1) is 0 Å². The van der Waals surface area contributed by atoms with E-state index >= 15 is 0 Å². The van der Waals surface area contributed by atoms with Crippen LogP contribution in [0.1, 0.15) is 0 Å². The third kappa shape index (κ3) is 4.95. The van der Waals surface area contributed by atoms with Crippen molar-refractivity contribution in [3.05, 3.63) is 18.2 Å². The standard InChI is InChI=1S/C17H21N5O5S2/c23-15(19-12-9-29(25,26)10-12)8-18-16-21-13-2-1-11(7-14(13)28-16)20-17(24)22-3-5-27-6-4-22/h1-2,7,12H,3-6,8-10H2,(H,18,21)(H,19,23)(H,20,24). The van der Waals surface area contributed by atoms with Crippen LogP contribution in [0.4, 0.5) is 15.6 Å². The lowest BCUT2D eigenvalue weighted by Crippen LogP contribution is -2.54. The third-order valence-electron chi connectivity index (χ3n) is 4.61. The van der Waals surface area contributed by atoms with Crippen LogP contribution in [0.25, 0.3) is 10.2 Å². The molecule has 0 atom stereocenters. The van der Waals surface area contributed by atoms with Crippen molar-refractivity contribution in [1.82, 2.24) is 15.2 Å². The number of carbonyl (C=O) groups excluding carboxylic acids is 2. The summed E-state index contributed by atoms with van der Waals surface area (Å²) in [4.78, 5) is 30.3. The first kappa shape index (κ1) is 19.9. The number of rotatable bonds is 5. The van der Waals surface area contributed by atoms with Gasteiger partial charge in [0.05, 0.1) is 47.5 Å². The number of urea groups is 1. The van der Waals surface area contributed by atoms with Crippen molar-refractivity contribution in [3.63, 3.8) is 0 Å². The van der Waals surface area contributed by atoms with Gasteiger partial charge in [-0.05, 0) is 18.2 Å². The van der Waals surface area contributed by atoms with Crippen LogP contribution in [0.3, 0.4) is 0 Å². The summed E-state index contributed by atoms with van der Waals surface area (Å²) in [5.74, 6) is -0.278. The Hall–Kier alpha value is -2.44. The summed E-state index contributed by atoms with van der Waals surface area (Å²) >= 11 is 1.37. The van der Waals surface area contributed by atoms with Crippen molar-refractivity contribution in [1.29, 1.82) is 0 Å². The molecule has 2 saturated heterocycles. The number of anilines is 2. The summed E-state index contributed by atoms with van der Waals surface area (Å²) < 4.78 is 28.4. The molecule has 3 N–H and O–H groups in total. The summed E-state index contributed by atoms with van der Waals surface area (Å²) in [6.07, 6.45) is 0. The molecule has 29 heavy (non-hydrogen) atoms. The predicted octanol–water partition coefficient (Wildman–Crippen LogP) is 0.486. The number of nitrogens with one attached hydrogen (secondary N) is 3. The number of benzene rings is 1. The molecule has 4 rings (SSSR count). The number of morpholine rings is 1. The van der Waals surface area contributed by atoms with E-state index in [0.29, 0.717) is 37.1 Å². The normalized spacial score (nSPS) is 18.8. The minimum atomic E-state index is -2.97. The van der Waals surface area contributed by atoms with Crippen LogP contribution >= 0.6 is 11.3 Å². The van der Waals surface area contributed by atoms with Crippen LogP contribution in [-0.4, -0.2) is 80.6 Å². The van der Waals surface area contributed by atoms with Crippen LogP contribution in [0.5, 0.6) is 0 Å². The highest BCUT2D eigenvalue weighted by Crippen LogP contribution is 2.28. The smallest absolute Gasteiger partial charge is 0.322 e. The fourth-order valence-corrected chi connectivity index (χ4v) is 5.33. The molecular formula is C17H21N5O5S2. The molecule has 0 bridgehead atoms. The number of thiazole rings is 1. The van der Waals surface area contributed by atoms with Gasteiger partial charge < -0.3 is 25.6 Å². The van der Waals surface area contributed by atoms with Crippen molar-refractivity contribution in [2.75, 3.05) is 55.0 Å². The second-order valence-corrected chi connectivity index (χ2v) is 10.1. The molecule has 1 aromatic heterocycles. The Morgan fingerprint density at radius 1 is 1.24 bits per heavy atom. The van der Waals surface area contributed by atoms with Crippen LogP contribution in [-0.2, 0) is 19.4 Å². The summed E-state index contributed by atoms with van der Waals surface area (Å²) in [6.45, 7) is 2.23. The highest BCUT2D eigenvalue weighted by Gasteiger charge is 2.34. The zero-order valence-electron chi connectivity index (χ0n) is 15.5. The second-order valence-electron chi connectivity index (χ2n) is 6.93. The number of hydrogen-bond donors (Lipinski definition) is 3. The summed E-state index contributed by atoms with van der Waals surface area (Å²) in [5.41, 5.74) is 1.43. The highest BCUT2D eigenvalue weighted by molar-refractivity contribution is 7.92. The molecule has 2 aliphatic heterocycles. The molecule has 2 aromatic rings. The Balaban J connectivity index is 1.32. The quantitative estimate of drug-likeness (QED) is 0.618. The van der Waals surface area contributed by atoms with Crippen molar-refractivity contribution in [3.8, 4) is 0 Å². The lowest BCUT2D eigenvalue weighted by molar-refractivity contribution is -0.119. The van der Waals surface area contributed by atoms with Crippen molar-refractivity contribution >= 4 is 54.1 Å². The van der Waals surface area contributed by atoms with E-state index in [1.54, 1.807) is 11.0 Å². The van der Waals surface area contributed by atoms with Gasteiger partial charge in [0.2, 0.25) is 5.91 Å². The number of carbonyl (C=O) groups is 2. The largest absolute Gasteiger partial charge is 0.378 e. The maximum absolute atomic E-state index is 12.3. The minimum absolute atomic E-state index is 0.00116. The van der Waals surface area contributed by atoms with Crippen molar-refractivity contribution in [2.24, 2.45) is 0 Å². The van der Waals surface area contributed by atoms with Gasteiger partial charge in [0.1, 0.15) is 0 Å². The van der Waals surface area contributed by atoms with E-state index in [4.69, 9.17) is 4.74 Å². The molecule has 0 saturated carbocycles. The van der Waals surface area contributed by atoms with Gasteiger partial charge in [0.25, 0.3) is 0 Å². The Morgan fingerprint density at radius 3 is 2.72 bits per heavy atom. The monoisotopic (exact) mass is 439 g/mol. The van der Waals surface area contributed by atoms with Crippen molar-refractivity contribution in [2.45, 2.75) is 6.04 Å². The first-order chi connectivity index (χ1) is 13.9. The Morgan fingerprint density at radius 2 is 2.00 bits per heavy atom. The number of hydrogen-bond acceptors (Lipinski definition) is 8. The lowest BCUT2D eigenvalue weighted by atomic mass is 10.3. The Kier molecular flexibility index (Phi) is 5.56. The average molecular weight is 440 g/mol.